The van der Waals surface area contributed by atoms with Crippen LogP contribution in [0.4, 0.5) is 0 Å². The van der Waals surface area contributed by atoms with Crippen LogP contribution in [0.2, 0.25) is 5.15 Å². The van der Waals surface area contributed by atoms with Crippen molar-refractivity contribution in [3.05, 3.63) is 28.5 Å². The molecule has 0 saturated heterocycles. The molecule has 0 amide bonds. The molecule has 0 spiro atoms. The molecular formula is C11H14ClNO. The van der Waals surface area contributed by atoms with E-state index in [9.17, 15) is 0 Å². The van der Waals surface area contributed by atoms with Gasteiger partial charge in [-0.3, -0.25) is 0 Å². The summed E-state index contributed by atoms with van der Waals surface area (Å²) >= 11 is 6.02. The highest BCUT2D eigenvalue weighted by atomic mass is 35.5. The Balaban J connectivity index is 2.33. The van der Waals surface area contributed by atoms with Crippen LogP contribution in [-0.4, -0.2) is 10.1 Å². The summed E-state index contributed by atoms with van der Waals surface area (Å²) < 4.78 is 0. The predicted molar refractivity (Wildman–Crippen MR) is 56.3 cm³/mol. The minimum atomic E-state index is 0.0321. The van der Waals surface area contributed by atoms with E-state index in [1.54, 1.807) is 6.20 Å². The minimum absolute atomic E-state index is 0.0321. The molecule has 1 heterocycles. The van der Waals surface area contributed by atoms with Crippen LogP contribution in [0.25, 0.3) is 0 Å². The Morgan fingerprint density at radius 3 is 2.79 bits per heavy atom. The van der Waals surface area contributed by atoms with Crippen LogP contribution < -0.4 is 0 Å². The lowest BCUT2D eigenvalue weighted by Gasteiger charge is -2.07. The van der Waals surface area contributed by atoms with Crippen molar-refractivity contribution in [2.75, 3.05) is 0 Å². The summed E-state index contributed by atoms with van der Waals surface area (Å²) in [7, 11) is 0. The first-order valence-corrected chi connectivity index (χ1v) is 5.17. The number of rotatable bonds is 2. The van der Waals surface area contributed by atoms with E-state index in [0.29, 0.717) is 16.5 Å². The highest BCUT2D eigenvalue weighted by Gasteiger charge is 2.47. The Hall–Kier alpha value is -0.600. The number of halogens is 1. The van der Waals surface area contributed by atoms with E-state index in [0.717, 1.165) is 17.5 Å². The smallest absolute Gasteiger partial charge is 0.132 e. The lowest BCUT2D eigenvalue weighted by molar-refractivity contribution is 0.281. The molecule has 1 atom stereocenters. The quantitative estimate of drug-likeness (QED) is 0.764. The van der Waals surface area contributed by atoms with Crippen LogP contribution in [0.1, 0.15) is 37.3 Å². The second kappa shape index (κ2) is 3.21. The van der Waals surface area contributed by atoms with Crippen molar-refractivity contribution >= 4 is 11.6 Å². The van der Waals surface area contributed by atoms with Gasteiger partial charge < -0.3 is 5.11 Å². The second-order valence-electron chi connectivity index (χ2n) is 4.63. The summed E-state index contributed by atoms with van der Waals surface area (Å²) in [4.78, 5) is 4.08. The van der Waals surface area contributed by atoms with Crippen molar-refractivity contribution < 1.29 is 5.11 Å². The van der Waals surface area contributed by atoms with Crippen molar-refractivity contribution in [3.63, 3.8) is 0 Å². The first kappa shape index (κ1) is 9.94. The Morgan fingerprint density at radius 1 is 1.64 bits per heavy atom. The number of aromatic nitrogens is 1. The molecule has 0 bridgehead atoms. The van der Waals surface area contributed by atoms with Gasteiger partial charge in [-0.2, -0.15) is 0 Å². The van der Waals surface area contributed by atoms with Gasteiger partial charge in [0.2, 0.25) is 0 Å². The van der Waals surface area contributed by atoms with E-state index >= 15 is 0 Å². The average Bonchev–Trinajstić information content (AvgIpc) is 2.76. The summed E-state index contributed by atoms with van der Waals surface area (Å²) in [5.41, 5.74) is 2.27. The fourth-order valence-electron chi connectivity index (χ4n) is 1.84. The number of hydrogen-bond acceptors (Lipinski definition) is 2. The summed E-state index contributed by atoms with van der Waals surface area (Å²) in [5, 5.41) is 9.58. The first-order chi connectivity index (χ1) is 6.54. The van der Waals surface area contributed by atoms with Crippen LogP contribution in [0.5, 0.6) is 0 Å². The van der Waals surface area contributed by atoms with Gasteiger partial charge in [-0.25, -0.2) is 4.98 Å². The van der Waals surface area contributed by atoms with Gasteiger partial charge in [-0.15, -0.1) is 0 Å². The Bertz CT molecular complexity index is 362. The zero-order chi connectivity index (χ0) is 10.3. The van der Waals surface area contributed by atoms with Crippen molar-refractivity contribution in [2.24, 2.45) is 5.41 Å². The van der Waals surface area contributed by atoms with Crippen molar-refractivity contribution in [1.29, 1.82) is 0 Å². The molecule has 0 aromatic carbocycles. The van der Waals surface area contributed by atoms with Gasteiger partial charge in [0.25, 0.3) is 0 Å². The largest absolute Gasteiger partial charge is 0.392 e. The highest BCUT2D eigenvalue weighted by Crippen LogP contribution is 2.59. The summed E-state index contributed by atoms with van der Waals surface area (Å²) in [6.45, 7) is 4.48. The van der Waals surface area contributed by atoms with E-state index in [1.165, 1.54) is 0 Å². The minimum Gasteiger partial charge on any atom is -0.392 e. The molecule has 1 saturated carbocycles. The van der Waals surface area contributed by atoms with Gasteiger partial charge in [-0.05, 0) is 34.9 Å². The maximum absolute atomic E-state index is 9.00. The Labute approximate surface area is 88.9 Å². The third-order valence-corrected chi connectivity index (χ3v) is 3.31. The molecule has 1 unspecified atom stereocenters. The molecular weight excluding hydrogens is 198 g/mol. The number of aliphatic hydroxyl groups excluding tert-OH is 1. The molecule has 1 N–H and O–H groups in total. The summed E-state index contributed by atoms with van der Waals surface area (Å²) in [6.07, 6.45) is 2.78. The van der Waals surface area contributed by atoms with Gasteiger partial charge in [0.15, 0.2) is 0 Å². The maximum atomic E-state index is 9.00. The SMILES string of the molecule is CC1(C)CC1c1cc(CO)cnc1Cl. The molecule has 1 aliphatic rings. The monoisotopic (exact) mass is 211 g/mol. The molecule has 1 aliphatic carbocycles. The molecule has 1 aromatic rings. The molecule has 0 aliphatic heterocycles. The first-order valence-electron chi connectivity index (χ1n) is 4.80. The van der Waals surface area contributed by atoms with E-state index in [-0.39, 0.29) is 6.61 Å². The van der Waals surface area contributed by atoms with Gasteiger partial charge in [0, 0.05) is 6.20 Å². The van der Waals surface area contributed by atoms with Crippen molar-refractivity contribution in [3.8, 4) is 0 Å². The number of hydrogen-bond donors (Lipinski definition) is 1. The molecule has 1 aromatic heterocycles. The van der Waals surface area contributed by atoms with Gasteiger partial charge in [0.05, 0.1) is 6.61 Å². The van der Waals surface area contributed by atoms with Crippen LogP contribution in [0.3, 0.4) is 0 Å². The maximum Gasteiger partial charge on any atom is 0.132 e. The zero-order valence-electron chi connectivity index (χ0n) is 8.42. The fraction of sp³-hybridized carbons (Fsp3) is 0.545. The van der Waals surface area contributed by atoms with E-state index < -0.39 is 0 Å². The molecule has 2 nitrogen and oxygen atoms in total. The third kappa shape index (κ3) is 1.64. The molecule has 14 heavy (non-hydrogen) atoms. The van der Waals surface area contributed by atoms with Gasteiger partial charge in [0.1, 0.15) is 5.15 Å². The van der Waals surface area contributed by atoms with Gasteiger partial charge in [-0.1, -0.05) is 25.4 Å². The number of pyridine rings is 1. The highest BCUT2D eigenvalue weighted by molar-refractivity contribution is 6.30. The van der Waals surface area contributed by atoms with Crippen LogP contribution in [0.15, 0.2) is 12.3 Å². The topological polar surface area (TPSA) is 33.1 Å². The fourth-order valence-corrected chi connectivity index (χ4v) is 2.07. The zero-order valence-corrected chi connectivity index (χ0v) is 9.17. The summed E-state index contributed by atoms with van der Waals surface area (Å²) in [6, 6.07) is 1.97. The lowest BCUT2D eigenvalue weighted by Crippen LogP contribution is -1.95. The average molecular weight is 212 g/mol. The standard InChI is InChI=1S/C11H14ClNO/c1-11(2)4-9(11)8-3-7(6-14)5-13-10(8)12/h3,5,9,14H,4,6H2,1-2H3. The normalized spacial score (nSPS) is 23.6. The number of nitrogens with zero attached hydrogens (tertiary/aromatic N) is 1. The van der Waals surface area contributed by atoms with Crippen molar-refractivity contribution in [2.45, 2.75) is 32.8 Å². The van der Waals surface area contributed by atoms with Crippen molar-refractivity contribution in [1.82, 2.24) is 4.98 Å². The Morgan fingerprint density at radius 2 is 2.29 bits per heavy atom. The second-order valence-corrected chi connectivity index (χ2v) is 4.99. The van der Waals surface area contributed by atoms with Crippen LogP contribution in [-0.2, 0) is 6.61 Å². The third-order valence-electron chi connectivity index (χ3n) is 2.99. The molecule has 1 fully saturated rings. The van der Waals surface area contributed by atoms with Crippen LogP contribution in [0, 0.1) is 5.41 Å². The van der Waals surface area contributed by atoms with Gasteiger partial charge >= 0.3 is 0 Å². The molecule has 2 rings (SSSR count). The number of aliphatic hydroxyl groups is 1. The van der Waals surface area contributed by atoms with E-state index in [1.807, 2.05) is 6.07 Å². The molecule has 76 valence electrons. The molecule has 0 radical (unpaired) electrons. The van der Waals surface area contributed by atoms with Crippen LogP contribution >= 0.6 is 11.6 Å². The Kier molecular flexibility index (Phi) is 2.28. The van der Waals surface area contributed by atoms with E-state index in [4.69, 9.17) is 16.7 Å². The van der Waals surface area contributed by atoms with E-state index in [2.05, 4.69) is 18.8 Å². The molecule has 3 heteroatoms. The lowest BCUT2D eigenvalue weighted by atomic mass is 10.0. The summed E-state index contributed by atoms with van der Waals surface area (Å²) in [5.74, 6) is 0.508. The predicted octanol–water partition coefficient (Wildman–Crippen LogP) is 2.74.